The summed E-state index contributed by atoms with van der Waals surface area (Å²) in [5, 5.41) is 0. The summed E-state index contributed by atoms with van der Waals surface area (Å²) in [6, 6.07) is 0. The summed E-state index contributed by atoms with van der Waals surface area (Å²) in [5.41, 5.74) is 7.05. The number of fused-ring (bicyclic) bond motifs is 1. The molecule has 36 heavy (non-hydrogen) atoms. The quantitative estimate of drug-likeness (QED) is 0.125. The highest BCUT2D eigenvalue weighted by molar-refractivity contribution is 7.57. The van der Waals surface area contributed by atoms with Gasteiger partial charge in [0.15, 0.2) is 11.5 Å². The molecule has 1 unspecified atom stereocenters. The number of anilines is 1. The summed E-state index contributed by atoms with van der Waals surface area (Å²) in [5.74, 6) is 0.346. The second-order valence-electron chi connectivity index (χ2n) is 9.63. The fraction of sp³-hybridized carbons (Fsp3) is 0.808. The van der Waals surface area contributed by atoms with Crippen LogP contribution in [0.1, 0.15) is 108 Å². The molecular formula is C26H52N6O3P+. The number of nitrogens with two attached hydrogens (primary N) is 1. The van der Waals surface area contributed by atoms with Gasteiger partial charge in [-0.15, -0.1) is 0 Å². The van der Waals surface area contributed by atoms with Crippen LogP contribution in [0.2, 0.25) is 0 Å². The van der Waals surface area contributed by atoms with Crippen LogP contribution in [0.25, 0.3) is 11.2 Å². The van der Waals surface area contributed by atoms with E-state index >= 15 is 0 Å². The smallest absolute Gasteiger partial charge is 0.225 e. The Labute approximate surface area is 222 Å². The van der Waals surface area contributed by atoms with E-state index in [2.05, 4.69) is 15.0 Å². The minimum Gasteiger partial charge on any atom is -0.382 e. The normalized spacial score (nSPS) is 15.6. The molecule has 0 aliphatic heterocycles. The largest absolute Gasteiger partial charge is 0.382 e. The molecule has 2 rings (SSSR count). The van der Waals surface area contributed by atoms with Crippen molar-refractivity contribution in [2.75, 3.05) is 25.4 Å². The molecule has 0 radical (unpaired) electrons. The molecule has 9 nitrogen and oxygen atoms in total. The fourth-order valence-corrected chi connectivity index (χ4v) is 5.21. The molecule has 0 aliphatic carbocycles. The van der Waals surface area contributed by atoms with Crippen LogP contribution in [0.4, 0.5) is 5.82 Å². The number of aromatic nitrogens is 4. The molecule has 0 amide bonds. The Bertz CT molecular complexity index is 976. The maximum atomic E-state index is 12.7. The number of hydrogen-bond donors (Lipinski definition) is 2. The Balaban J connectivity index is 0.00000760. The molecular weight excluding hydrogens is 475 g/mol. The van der Waals surface area contributed by atoms with E-state index in [1.807, 2.05) is 11.5 Å². The number of ether oxygens (including phenoxy) is 1. The Morgan fingerprint density at radius 2 is 1.56 bits per heavy atom. The third-order valence-corrected chi connectivity index (χ3v) is 7.51. The Morgan fingerprint density at radius 1 is 0.972 bits per heavy atom. The summed E-state index contributed by atoms with van der Waals surface area (Å²) in [7, 11) is -2.80. The molecule has 2 heterocycles. The lowest BCUT2D eigenvalue weighted by Gasteiger charge is -2.18. The first kappa shape index (κ1) is 27.5. The molecule has 10 heteroatoms. The first-order chi connectivity index (χ1) is 18.1. The SMILES string of the molecule is [2H]C([2H])([2H])CCCCCCCCCCCCCCCOP(C)(=O)CO[C@H](C)Cn1cnc2c(N)ncnc21.[NH4+]. The molecule has 2 aromatic heterocycles. The standard InChI is InChI=1S/C26H48N5O3P.H3N/c1-4-5-6-7-8-9-10-11-12-13-14-15-16-17-18-34-35(3,32)22-33-23(2)19-31-21-30-24-25(27)28-20-29-26(24)31;/h20-21,23H,4-19,22H2,1-3H3,(H2,27,28,29);1H3/p+1/t23-,35?;/m1./s1/i1D3;. The van der Waals surface area contributed by atoms with Gasteiger partial charge in [0.05, 0.1) is 25.6 Å². The van der Waals surface area contributed by atoms with E-state index in [-0.39, 0.29) is 18.6 Å². The summed E-state index contributed by atoms with van der Waals surface area (Å²) >= 11 is 0. The van der Waals surface area contributed by atoms with Crippen molar-refractivity contribution in [2.24, 2.45) is 0 Å². The minimum atomic E-state index is -2.80. The average Bonchev–Trinajstić information content (AvgIpc) is 3.26. The van der Waals surface area contributed by atoms with Gasteiger partial charge in [0.25, 0.3) is 0 Å². The first-order valence-electron chi connectivity index (χ1n) is 14.8. The van der Waals surface area contributed by atoms with E-state index in [1.165, 1.54) is 57.7 Å². The number of rotatable bonds is 21. The zero-order valence-corrected chi connectivity index (χ0v) is 23.7. The maximum Gasteiger partial charge on any atom is 0.225 e. The van der Waals surface area contributed by atoms with E-state index in [9.17, 15) is 4.57 Å². The van der Waals surface area contributed by atoms with Crippen LogP contribution in [0.5, 0.6) is 0 Å². The molecule has 0 saturated heterocycles. The number of imidazole rings is 1. The Hall–Kier alpha value is -1.54. The lowest BCUT2D eigenvalue weighted by Crippen LogP contribution is -2.17. The molecule has 0 aromatic carbocycles. The van der Waals surface area contributed by atoms with Crippen molar-refractivity contribution in [3.8, 4) is 0 Å². The van der Waals surface area contributed by atoms with Crippen LogP contribution in [-0.4, -0.2) is 45.2 Å². The zero-order chi connectivity index (χ0) is 27.9. The summed E-state index contributed by atoms with van der Waals surface area (Å²) in [6.45, 7) is 2.81. The lowest BCUT2D eigenvalue weighted by molar-refractivity contribution is 0.0799. The third-order valence-electron chi connectivity index (χ3n) is 6.16. The first-order valence-corrected chi connectivity index (χ1v) is 15.6. The van der Waals surface area contributed by atoms with Crippen molar-refractivity contribution in [1.82, 2.24) is 25.7 Å². The van der Waals surface area contributed by atoms with Crippen LogP contribution in [0.3, 0.4) is 0 Å². The number of hydrogen-bond acceptors (Lipinski definition) is 7. The van der Waals surface area contributed by atoms with E-state index in [1.54, 1.807) is 13.0 Å². The molecule has 0 bridgehead atoms. The van der Waals surface area contributed by atoms with Gasteiger partial charge in [0, 0.05) is 10.8 Å². The van der Waals surface area contributed by atoms with E-state index in [4.69, 9.17) is 19.1 Å². The van der Waals surface area contributed by atoms with Crippen molar-refractivity contribution in [1.29, 1.82) is 0 Å². The maximum absolute atomic E-state index is 12.7. The summed E-state index contributed by atoms with van der Waals surface area (Å²) < 4.78 is 47.7. The van der Waals surface area contributed by atoms with E-state index < -0.39 is 14.2 Å². The molecule has 208 valence electrons. The predicted octanol–water partition coefficient (Wildman–Crippen LogP) is 7.55. The molecule has 2 aromatic rings. The highest BCUT2D eigenvalue weighted by Gasteiger charge is 2.19. The van der Waals surface area contributed by atoms with Gasteiger partial charge in [-0.05, 0) is 13.3 Å². The van der Waals surface area contributed by atoms with Crippen molar-refractivity contribution in [2.45, 2.75) is 116 Å². The van der Waals surface area contributed by atoms with Gasteiger partial charge < -0.3 is 25.7 Å². The van der Waals surface area contributed by atoms with Gasteiger partial charge in [-0.3, -0.25) is 4.57 Å². The number of unbranched alkanes of at least 4 members (excludes halogenated alkanes) is 12. The van der Waals surface area contributed by atoms with Gasteiger partial charge >= 0.3 is 0 Å². The number of nitrogen functional groups attached to an aromatic ring is 1. The molecule has 2 atom stereocenters. The fourth-order valence-electron chi connectivity index (χ4n) is 4.09. The van der Waals surface area contributed by atoms with Crippen LogP contribution in [0.15, 0.2) is 12.7 Å². The van der Waals surface area contributed by atoms with E-state index in [0.29, 0.717) is 36.6 Å². The Kier molecular flexibility index (Phi) is 14.3. The molecule has 6 N–H and O–H groups in total. The van der Waals surface area contributed by atoms with E-state index in [0.717, 1.165) is 32.1 Å². The zero-order valence-electron chi connectivity index (χ0n) is 25.8. The van der Waals surface area contributed by atoms with Crippen molar-refractivity contribution in [3.63, 3.8) is 0 Å². The number of nitrogens with zero attached hydrogens (tertiary/aromatic N) is 4. The molecule has 0 saturated carbocycles. The van der Waals surface area contributed by atoms with Crippen molar-refractivity contribution < 1.29 is 17.9 Å². The number of quaternary nitrogens is 1. The van der Waals surface area contributed by atoms with Gasteiger partial charge in [-0.1, -0.05) is 90.3 Å². The highest BCUT2D eigenvalue weighted by Crippen LogP contribution is 2.42. The van der Waals surface area contributed by atoms with Gasteiger partial charge in [0.2, 0.25) is 7.37 Å². The predicted molar refractivity (Wildman–Crippen MR) is 151 cm³/mol. The van der Waals surface area contributed by atoms with Crippen molar-refractivity contribution in [3.05, 3.63) is 12.7 Å². The molecule has 0 spiro atoms. The molecule has 0 aliphatic rings. The minimum absolute atomic E-state index is 0. The van der Waals surface area contributed by atoms with Gasteiger partial charge in [-0.25, -0.2) is 15.0 Å². The van der Waals surface area contributed by atoms with Crippen LogP contribution < -0.4 is 11.9 Å². The Morgan fingerprint density at radius 3 is 2.17 bits per heavy atom. The van der Waals surface area contributed by atoms with Crippen molar-refractivity contribution >= 4 is 24.4 Å². The second kappa shape index (κ2) is 18.7. The van der Waals surface area contributed by atoms with Crippen LogP contribution >= 0.6 is 7.37 Å². The topological polar surface area (TPSA) is 142 Å². The lowest BCUT2D eigenvalue weighted by atomic mass is 10.0. The molecule has 0 fully saturated rings. The monoisotopic (exact) mass is 530 g/mol. The van der Waals surface area contributed by atoms with Gasteiger partial charge in [-0.2, -0.15) is 0 Å². The van der Waals surface area contributed by atoms with Gasteiger partial charge in [0.1, 0.15) is 18.2 Å². The third kappa shape index (κ3) is 13.1. The average molecular weight is 531 g/mol. The van der Waals surface area contributed by atoms with Crippen LogP contribution in [0, 0.1) is 0 Å². The summed E-state index contributed by atoms with van der Waals surface area (Å²) in [4.78, 5) is 12.4. The van der Waals surface area contributed by atoms with Crippen LogP contribution in [-0.2, 0) is 20.4 Å². The highest BCUT2D eigenvalue weighted by atomic mass is 31.2. The summed E-state index contributed by atoms with van der Waals surface area (Å²) in [6.07, 6.45) is 18.4. The second-order valence-corrected chi connectivity index (χ2v) is 12.2.